The van der Waals surface area contributed by atoms with Crippen molar-refractivity contribution in [3.8, 4) is 5.69 Å². The molecule has 0 bridgehead atoms. The molecule has 0 aromatic carbocycles. The summed E-state index contributed by atoms with van der Waals surface area (Å²) in [6.07, 6.45) is 1.64. The van der Waals surface area contributed by atoms with Crippen molar-refractivity contribution < 1.29 is 0 Å². The molecule has 0 spiro atoms. The standard InChI is InChI=1S/C9H8BrClN4/c1-5-13-6(2)15(14-5)7-3-4-12-9(11)8(7)10/h3-4H,1-2H3. The lowest BCUT2D eigenvalue weighted by Crippen LogP contribution is -2.01. The Balaban J connectivity index is 2.64. The minimum atomic E-state index is 0.417. The SMILES string of the molecule is Cc1nc(C)n(-c2ccnc(Cl)c2Br)n1. The van der Waals surface area contributed by atoms with Gasteiger partial charge in [0.15, 0.2) is 0 Å². The predicted octanol–water partition coefficient (Wildman–Crippen LogP) is 2.70. The molecule has 0 aliphatic carbocycles. The van der Waals surface area contributed by atoms with Gasteiger partial charge in [-0.15, -0.1) is 0 Å². The second kappa shape index (κ2) is 3.90. The molecular weight excluding hydrogens is 279 g/mol. The van der Waals surface area contributed by atoms with E-state index in [1.54, 1.807) is 10.9 Å². The van der Waals surface area contributed by atoms with Crippen molar-refractivity contribution in [1.82, 2.24) is 19.7 Å². The highest BCUT2D eigenvalue weighted by Gasteiger charge is 2.11. The third kappa shape index (κ3) is 1.89. The van der Waals surface area contributed by atoms with Gasteiger partial charge in [0.25, 0.3) is 0 Å². The molecule has 0 radical (unpaired) electrons. The maximum Gasteiger partial charge on any atom is 0.148 e. The summed E-state index contributed by atoms with van der Waals surface area (Å²) in [6.45, 7) is 3.74. The second-order valence-electron chi connectivity index (χ2n) is 3.05. The maximum atomic E-state index is 5.90. The van der Waals surface area contributed by atoms with E-state index in [0.29, 0.717) is 5.15 Å². The quantitative estimate of drug-likeness (QED) is 0.758. The van der Waals surface area contributed by atoms with Crippen LogP contribution in [-0.4, -0.2) is 19.7 Å². The molecule has 0 amide bonds. The zero-order chi connectivity index (χ0) is 11.0. The molecular formula is C9H8BrClN4. The van der Waals surface area contributed by atoms with E-state index in [1.807, 2.05) is 19.9 Å². The van der Waals surface area contributed by atoms with E-state index in [4.69, 9.17) is 11.6 Å². The molecule has 78 valence electrons. The van der Waals surface area contributed by atoms with Crippen molar-refractivity contribution in [3.63, 3.8) is 0 Å². The molecule has 0 atom stereocenters. The Bertz CT molecular complexity index is 509. The van der Waals surface area contributed by atoms with Gasteiger partial charge < -0.3 is 0 Å². The van der Waals surface area contributed by atoms with Gasteiger partial charge in [0.1, 0.15) is 16.8 Å². The number of hydrogen-bond donors (Lipinski definition) is 0. The molecule has 0 aliphatic rings. The number of rotatable bonds is 1. The van der Waals surface area contributed by atoms with Crippen LogP contribution in [0.4, 0.5) is 0 Å². The van der Waals surface area contributed by atoms with Crippen molar-refractivity contribution in [3.05, 3.63) is 33.5 Å². The summed E-state index contributed by atoms with van der Waals surface area (Å²) in [5, 5.41) is 4.69. The first-order valence-electron chi connectivity index (χ1n) is 4.30. The van der Waals surface area contributed by atoms with Gasteiger partial charge in [0.05, 0.1) is 10.2 Å². The van der Waals surface area contributed by atoms with E-state index in [-0.39, 0.29) is 0 Å². The average Bonchev–Trinajstić information content (AvgIpc) is 2.50. The largest absolute Gasteiger partial charge is 0.243 e. The fourth-order valence-electron chi connectivity index (χ4n) is 1.32. The lowest BCUT2D eigenvalue weighted by atomic mass is 10.4. The van der Waals surface area contributed by atoms with Crippen molar-refractivity contribution in [2.45, 2.75) is 13.8 Å². The Hall–Kier alpha value is -0.940. The minimum absolute atomic E-state index is 0.417. The lowest BCUT2D eigenvalue weighted by Gasteiger charge is -2.05. The van der Waals surface area contributed by atoms with Crippen molar-refractivity contribution in [1.29, 1.82) is 0 Å². The average molecular weight is 288 g/mol. The van der Waals surface area contributed by atoms with Crippen LogP contribution in [0.3, 0.4) is 0 Å². The number of nitrogens with zero attached hydrogens (tertiary/aromatic N) is 4. The van der Waals surface area contributed by atoms with Gasteiger partial charge in [0.2, 0.25) is 0 Å². The summed E-state index contributed by atoms with van der Waals surface area (Å²) in [6, 6.07) is 1.83. The minimum Gasteiger partial charge on any atom is -0.243 e. The highest BCUT2D eigenvalue weighted by Crippen LogP contribution is 2.26. The molecule has 0 saturated carbocycles. The van der Waals surface area contributed by atoms with E-state index < -0.39 is 0 Å². The van der Waals surface area contributed by atoms with Crippen LogP contribution in [0.5, 0.6) is 0 Å². The van der Waals surface area contributed by atoms with Gasteiger partial charge in [-0.05, 0) is 35.8 Å². The number of halogens is 2. The van der Waals surface area contributed by atoms with E-state index in [0.717, 1.165) is 21.8 Å². The molecule has 2 aromatic heterocycles. The molecule has 15 heavy (non-hydrogen) atoms. The van der Waals surface area contributed by atoms with Crippen molar-refractivity contribution in [2.24, 2.45) is 0 Å². The fourth-order valence-corrected chi connectivity index (χ4v) is 1.88. The van der Waals surface area contributed by atoms with E-state index >= 15 is 0 Å². The van der Waals surface area contributed by atoms with Gasteiger partial charge >= 0.3 is 0 Å². The van der Waals surface area contributed by atoms with Gasteiger partial charge in [-0.3, -0.25) is 0 Å². The Morgan fingerprint density at radius 3 is 2.73 bits per heavy atom. The predicted molar refractivity (Wildman–Crippen MR) is 61.3 cm³/mol. The Labute approximate surface area is 100 Å². The third-order valence-electron chi connectivity index (χ3n) is 1.93. The highest BCUT2D eigenvalue weighted by molar-refractivity contribution is 9.10. The van der Waals surface area contributed by atoms with Crippen LogP contribution in [0.2, 0.25) is 5.15 Å². The molecule has 4 nitrogen and oxygen atoms in total. The van der Waals surface area contributed by atoms with E-state index in [9.17, 15) is 0 Å². The van der Waals surface area contributed by atoms with Crippen molar-refractivity contribution >= 4 is 27.5 Å². The molecule has 2 aromatic rings. The van der Waals surface area contributed by atoms with Gasteiger partial charge in [-0.1, -0.05) is 11.6 Å². The Morgan fingerprint density at radius 1 is 1.40 bits per heavy atom. The molecule has 0 unspecified atom stereocenters. The first kappa shape index (κ1) is 10.6. The molecule has 0 fully saturated rings. The first-order chi connectivity index (χ1) is 7.09. The van der Waals surface area contributed by atoms with Crippen molar-refractivity contribution in [2.75, 3.05) is 0 Å². The van der Waals surface area contributed by atoms with Crippen LogP contribution >= 0.6 is 27.5 Å². The Kier molecular flexibility index (Phi) is 2.75. The zero-order valence-electron chi connectivity index (χ0n) is 8.20. The Morgan fingerprint density at radius 2 is 2.13 bits per heavy atom. The summed E-state index contributed by atoms with van der Waals surface area (Å²) < 4.78 is 2.45. The van der Waals surface area contributed by atoms with Gasteiger partial charge in [-0.25, -0.2) is 14.6 Å². The fraction of sp³-hybridized carbons (Fsp3) is 0.222. The number of aromatic nitrogens is 4. The number of pyridine rings is 1. The maximum absolute atomic E-state index is 5.90. The van der Waals surface area contributed by atoms with Crippen LogP contribution in [0, 0.1) is 13.8 Å². The molecule has 0 saturated heterocycles. The number of hydrogen-bond acceptors (Lipinski definition) is 3. The summed E-state index contributed by atoms with van der Waals surface area (Å²) in [5.41, 5.74) is 0.841. The summed E-state index contributed by atoms with van der Waals surface area (Å²) in [4.78, 5) is 8.18. The highest BCUT2D eigenvalue weighted by atomic mass is 79.9. The first-order valence-corrected chi connectivity index (χ1v) is 5.47. The number of aryl methyl sites for hydroxylation is 2. The summed E-state index contributed by atoms with van der Waals surface area (Å²) in [7, 11) is 0. The van der Waals surface area contributed by atoms with Gasteiger partial charge in [0, 0.05) is 6.20 Å². The molecule has 0 N–H and O–H groups in total. The lowest BCUT2D eigenvalue weighted by molar-refractivity contribution is 0.825. The molecule has 2 rings (SSSR count). The monoisotopic (exact) mass is 286 g/mol. The second-order valence-corrected chi connectivity index (χ2v) is 4.20. The summed E-state index contributed by atoms with van der Waals surface area (Å²) in [5.74, 6) is 1.54. The summed E-state index contributed by atoms with van der Waals surface area (Å²) >= 11 is 9.28. The normalized spacial score (nSPS) is 10.7. The van der Waals surface area contributed by atoms with Crippen LogP contribution in [0.15, 0.2) is 16.7 Å². The molecule has 2 heterocycles. The van der Waals surface area contributed by atoms with Crippen LogP contribution in [-0.2, 0) is 0 Å². The van der Waals surface area contributed by atoms with Crippen LogP contribution in [0.1, 0.15) is 11.6 Å². The molecule has 6 heteroatoms. The van der Waals surface area contributed by atoms with Crippen LogP contribution in [0.25, 0.3) is 5.69 Å². The van der Waals surface area contributed by atoms with Gasteiger partial charge in [-0.2, -0.15) is 5.10 Å². The third-order valence-corrected chi connectivity index (χ3v) is 3.23. The zero-order valence-corrected chi connectivity index (χ0v) is 10.5. The van der Waals surface area contributed by atoms with E-state index in [2.05, 4.69) is 31.0 Å². The topological polar surface area (TPSA) is 43.6 Å². The van der Waals surface area contributed by atoms with Crippen LogP contribution < -0.4 is 0 Å². The molecule has 0 aliphatic heterocycles. The van der Waals surface area contributed by atoms with E-state index in [1.165, 1.54) is 0 Å². The smallest absolute Gasteiger partial charge is 0.148 e.